The molecule has 4 bridgehead atoms. The van der Waals surface area contributed by atoms with Gasteiger partial charge in [0.2, 0.25) is 5.71 Å². The van der Waals surface area contributed by atoms with Crippen molar-refractivity contribution in [2.45, 2.75) is 38.5 Å². The van der Waals surface area contributed by atoms with Crippen LogP contribution in [0.1, 0.15) is 38.5 Å². The van der Waals surface area contributed by atoms with Crippen molar-refractivity contribution in [2.75, 3.05) is 0 Å². The molecule has 86 valence electrons. The lowest BCUT2D eigenvalue weighted by Crippen LogP contribution is -2.49. The third-order valence-corrected chi connectivity index (χ3v) is 4.79. The lowest BCUT2D eigenvalue weighted by Gasteiger charge is -2.55. The van der Waals surface area contributed by atoms with Crippen molar-refractivity contribution in [3.63, 3.8) is 0 Å². The summed E-state index contributed by atoms with van der Waals surface area (Å²) in [6, 6.07) is 2.36. The number of oxime groups is 1. The van der Waals surface area contributed by atoms with E-state index in [9.17, 15) is 5.21 Å². The Morgan fingerprint density at radius 1 is 1.19 bits per heavy atom. The smallest absolute Gasteiger partial charge is 0.356 e. The van der Waals surface area contributed by atoms with Crippen molar-refractivity contribution >= 4 is 5.71 Å². The molecule has 1 N–H and O–H groups in total. The highest BCUT2D eigenvalue weighted by molar-refractivity contribution is 6.04. The first-order valence-electron chi connectivity index (χ1n) is 6.06. The van der Waals surface area contributed by atoms with E-state index >= 15 is 0 Å². The second kappa shape index (κ2) is 3.38. The summed E-state index contributed by atoms with van der Waals surface area (Å²) in [6.07, 6.45) is 7.15. The van der Waals surface area contributed by atoms with Crippen molar-refractivity contribution in [2.24, 2.45) is 28.3 Å². The largest absolute Gasteiger partial charge is 0.498 e. The van der Waals surface area contributed by atoms with Gasteiger partial charge in [0.25, 0.3) is 0 Å². The molecule has 0 atom stereocenters. The van der Waals surface area contributed by atoms with Gasteiger partial charge in [0.05, 0.1) is 0 Å². The summed E-state index contributed by atoms with van der Waals surface area (Å²) in [7, 11) is 0. The van der Waals surface area contributed by atoms with Crippen LogP contribution in [0.25, 0.3) is 5.01 Å². The van der Waals surface area contributed by atoms with E-state index in [1.165, 1.54) is 19.3 Å². The van der Waals surface area contributed by atoms with E-state index in [1.807, 2.05) is 0 Å². The molecule has 4 nitrogen and oxygen atoms in total. The molecule has 4 heteroatoms. The van der Waals surface area contributed by atoms with Gasteiger partial charge in [-0.2, -0.15) is 0 Å². The topological polar surface area (TPSA) is 60.0 Å². The Hall–Kier alpha value is -1.24. The molecular weight excluding hydrogens is 204 g/mol. The molecular formula is C12H16N2O2. The maximum atomic E-state index is 10.3. The number of hydrogen-bond acceptors (Lipinski definition) is 3. The number of hydrogen-bond donors (Lipinski definition) is 1. The minimum atomic E-state index is -0.0859. The molecule has 4 aliphatic carbocycles. The van der Waals surface area contributed by atoms with Crippen LogP contribution in [-0.2, 0) is 0 Å². The summed E-state index contributed by atoms with van der Waals surface area (Å²) in [5, 5.41) is 25.3. The molecule has 0 saturated heterocycles. The Morgan fingerprint density at radius 2 is 1.69 bits per heavy atom. The predicted octanol–water partition coefficient (Wildman–Crippen LogP) is 2.86. The normalized spacial score (nSPS) is 45.2. The molecule has 0 aliphatic heterocycles. The lowest BCUT2D eigenvalue weighted by atomic mass is 9.48. The van der Waals surface area contributed by atoms with Crippen molar-refractivity contribution in [3.05, 3.63) is 10.2 Å². The van der Waals surface area contributed by atoms with E-state index < -0.39 is 0 Å². The summed E-state index contributed by atoms with van der Waals surface area (Å²) < 4.78 is 0. The van der Waals surface area contributed by atoms with Crippen LogP contribution in [0.5, 0.6) is 0 Å². The van der Waals surface area contributed by atoms with Gasteiger partial charge >= 0.3 is 6.07 Å². The van der Waals surface area contributed by atoms with Gasteiger partial charge in [-0.15, -0.1) is 0 Å². The van der Waals surface area contributed by atoms with Gasteiger partial charge in [0.1, 0.15) is 0 Å². The summed E-state index contributed by atoms with van der Waals surface area (Å²) in [4.78, 5) is 0. The highest BCUT2D eigenvalue weighted by Gasteiger charge is 2.54. The molecule has 0 spiro atoms. The van der Waals surface area contributed by atoms with Gasteiger partial charge in [-0.25, -0.2) is 0 Å². The molecule has 4 rings (SSSR count). The minimum Gasteiger partial charge on any atom is -0.498 e. The molecule has 0 aromatic heterocycles. The average molecular weight is 220 g/mol. The highest BCUT2D eigenvalue weighted by Crippen LogP contribution is 2.60. The first-order chi connectivity index (χ1) is 7.75. The van der Waals surface area contributed by atoms with Crippen LogP contribution in [0.4, 0.5) is 0 Å². The SMILES string of the molecule is [O-][N+]#CC(=NO)C12CC3CC(CC(C3)C1)C2. The van der Waals surface area contributed by atoms with Gasteiger partial charge in [-0.1, -0.05) is 5.16 Å². The minimum absolute atomic E-state index is 0.0859. The summed E-state index contributed by atoms with van der Waals surface area (Å²) in [6.45, 7) is 0. The molecule has 0 radical (unpaired) electrons. The summed E-state index contributed by atoms with van der Waals surface area (Å²) in [5.74, 6) is 2.28. The van der Waals surface area contributed by atoms with Crippen LogP contribution in [0.15, 0.2) is 5.16 Å². The van der Waals surface area contributed by atoms with Gasteiger partial charge in [-0.05, 0) is 56.3 Å². The molecule has 4 aliphatic rings. The fourth-order valence-electron chi connectivity index (χ4n) is 4.69. The molecule has 4 saturated carbocycles. The zero-order chi connectivity index (χ0) is 11.2. The maximum Gasteiger partial charge on any atom is 0.356 e. The maximum absolute atomic E-state index is 10.3. The van der Waals surface area contributed by atoms with E-state index in [0.29, 0.717) is 5.71 Å². The van der Waals surface area contributed by atoms with E-state index in [2.05, 4.69) is 16.2 Å². The van der Waals surface area contributed by atoms with E-state index in [1.54, 1.807) is 0 Å². The third kappa shape index (κ3) is 1.31. The number of rotatable bonds is 1. The average Bonchev–Trinajstić information content (AvgIpc) is 2.23. The van der Waals surface area contributed by atoms with Crippen LogP contribution in [0.3, 0.4) is 0 Å². The molecule has 0 amide bonds. The van der Waals surface area contributed by atoms with E-state index in [-0.39, 0.29) is 5.41 Å². The molecule has 0 heterocycles. The Balaban J connectivity index is 1.95. The lowest BCUT2D eigenvalue weighted by molar-refractivity contribution is -0.0128. The standard InChI is InChI=1S/C12H16N2O2/c15-13-7-11(14-16)12-4-8-1-9(5-12)3-10(2-8)6-12/h8-10,16H,1-6H2. The van der Waals surface area contributed by atoms with Crippen molar-refractivity contribution < 1.29 is 5.21 Å². The monoisotopic (exact) mass is 220 g/mol. The number of nitrogens with zero attached hydrogens (tertiary/aromatic N) is 2. The molecule has 0 aromatic rings. The Kier molecular flexibility index (Phi) is 2.10. The fourth-order valence-corrected chi connectivity index (χ4v) is 4.69. The first kappa shape index (κ1) is 9.95. The Morgan fingerprint density at radius 3 is 2.06 bits per heavy atom. The molecule has 0 unspecified atom stereocenters. The Bertz CT molecular complexity index is 356. The molecule has 0 aromatic carbocycles. The van der Waals surface area contributed by atoms with Gasteiger partial charge in [-0.3, -0.25) is 0 Å². The first-order valence-corrected chi connectivity index (χ1v) is 6.06. The summed E-state index contributed by atoms with van der Waals surface area (Å²) in [5.41, 5.74) is 0.318. The van der Waals surface area contributed by atoms with Crippen molar-refractivity contribution in [1.82, 2.24) is 0 Å². The molecule has 4 fully saturated rings. The van der Waals surface area contributed by atoms with Crippen LogP contribution in [0, 0.1) is 34.4 Å². The molecule has 16 heavy (non-hydrogen) atoms. The fraction of sp³-hybridized carbons (Fsp3) is 0.833. The van der Waals surface area contributed by atoms with Gasteiger partial charge in [0.15, 0.2) is 0 Å². The quantitative estimate of drug-likeness (QED) is 0.419. The van der Waals surface area contributed by atoms with Crippen molar-refractivity contribution in [1.29, 1.82) is 0 Å². The second-order valence-corrected chi connectivity index (χ2v) is 5.85. The second-order valence-electron chi connectivity index (χ2n) is 5.85. The van der Waals surface area contributed by atoms with Gasteiger partial charge < -0.3 is 10.4 Å². The highest BCUT2D eigenvalue weighted by atomic mass is 16.4. The predicted molar refractivity (Wildman–Crippen MR) is 60.4 cm³/mol. The Labute approximate surface area is 94.7 Å². The van der Waals surface area contributed by atoms with E-state index in [0.717, 1.165) is 37.0 Å². The van der Waals surface area contributed by atoms with Crippen LogP contribution >= 0.6 is 0 Å². The zero-order valence-corrected chi connectivity index (χ0v) is 9.22. The van der Waals surface area contributed by atoms with Crippen molar-refractivity contribution in [3.8, 4) is 6.07 Å². The van der Waals surface area contributed by atoms with Crippen LogP contribution in [0.2, 0.25) is 0 Å². The van der Waals surface area contributed by atoms with Crippen LogP contribution in [-0.4, -0.2) is 10.9 Å². The van der Waals surface area contributed by atoms with E-state index in [4.69, 9.17) is 5.21 Å². The third-order valence-electron chi connectivity index (χ3n) is 4.79. The van der Waals surface area contributed by atoms with Crippen LogP contribution < -0.4 is 0 Å². The zero-order valence-electron chi connectivity index (χ0n) is 9.22. The van der Waals surface area contributed by atoms with Gasteiger partial charge in [0, 0.05) is 10.4 Å². The summed E-state index contributed by atoms with van der Waals surface area (Å²) >= 11 is 0.